The lowest BCUT2D eigenvalue weighted by Crippen LogP contribution is -2.32. The Kier molecular flexibility index (Phi) is 6.27. The van der Waals surface area contributed by atoms with E-state index in [-0.39, 0.29) is 6.04 Å². The van der Waals surface area contributed by atoms with Gasteiger partial charge in [0, 0.05) is 6.54 Å². The van der Waals surface area contributed by atoms with Crippen molar-refractivity contribution in [1.29, 1.82) is 0 Å². The first-order valence-corrected chi connectivity index (χ1v) is 6.70. The van der Waals surface area contributed by atoms with E-state index in [1.165, 1.54) is 0 Å². The molecule has 0 aromatic carbocycles. The zero-order valence-corrected chi connectivity index (χ0v) is 12.7. The van der Waals surface area contributed by atoms with E-state index in [0.717, 1.165) is 31.0 Å². The number of ether oxygens (including phenoxy) is 1. The Bertz CT molecular complexity index is 375. The molecule has 1 aromatic heterocycles. The van der Waals surface area contributed by atoms with Crippen molar-refractivity contribution in [3.8, 4) is 5.75 Å². The maximum Gasteiger partial charge on any atom is 0.161 e. The molecule has 0 spiro atoms. The molecule has 1 unspecified atom stereocenters. The number of methoxy groups -OCH3 is 1. The third-order valence-corrected chi connectivity index (χ3v) is 3.06. The van der Waals surface area contributed by atoms with Crippen molar-refractivity contribution in [3.63, 3.8) is 0 Å². The topological polar surface area (TPSA) is 68.3 Å². The summed E-state index contributed by atoms with van der Waals surface area (Å²) in [7, 11) is 5.76. The van der Waals surface area contributed by atoms with Crippen LogP contribution in [0.2, 0.25) is 0 Å². The van der Waals surface area contributed by atoms with Gasteiger partial charge in [-0.15, -0.1) is 0 Å². The van der Waals surface area contributed by atoms with E-state index in [9.17, 15) is 0 Å². The average Bonchev–Trinajstić information content (AvgIpc) is 2.75. The van der Waals surface area contributed by atoms with Gasteiger partial charge in [-0.05, 0) is 26.4 Å². The fourth-order valence-electron chi connectivity index (χ4n) is 2.09. The molecule has 0 aliphatic carbocycles. The molecular formula is C13H27N5O. The van der Waals surface area contributed by atoms with Crippen molar-refractivity contribution in [2.75, 3.05) is 27.7 Å². The number of hydrogen-bond acceptors (Lipinski definition) is 5. The molecule has 0 aliphatic rings. The normalized spacial score (nSPS) is 13.3. The molecule has 19 heavy (non-hydrogen) atoms. The van der Waals surface area contributed by atoms with Gasteiger partial charge in [0.15, 0.2) is 5.75 Å². The molecule has 0 saturated heterocycles. The number of rotatable bonds is 8. The number of nitrogens with two attached hydrogens (primary N) is 1. The lowest BCUT2D eigenvalue weighted by Gasteiger charge is -2.21. The average molecular weight is 269 g/mol. The molecule has 0 aliphatic heterocycles. The van der Waals surface area contributed by atoms with Gasteiger partial charge in [0.1, 0.15) is 0 Å². The summed E-state index contributed by atoms with van der Waals surface area (Å²) in [5.74, 6) is 7.04. The number of likely N-dealkylation sites (N-methyl/N-ethyl adjacent to an activating group) is 1. The molecule has 3 N–H and O–H groups in total. The molecule has 1 atom stereocenters. The van der Waals surface area contributed by atoms with Gasteiger partial charge in [-0.1, -0.05) is 13.8 Å². The maximum absolute atomic E-state index is 5.70. The molecule has 6 heteroatoms. The van der Waals surface area contributed by atoms with Crippen LogP contribution in [0.25, 0.3) is 0 Å². The number of hydrogen-bond donors (Lipinski definition) is 2. The second kappa shape index (κ2) is 7.47. The standard InChI is InChI=1S/C13H27N5O/c1-10(2)8-11(16-14)13-12(19-5)9-15-18(13)7-6-17(3)4/h9-11,16H,6-8,14H2,1-5H3. The lowest BCUT2D eigenvalue weighted by atomic mass is 10.0. The van der Waals surface area contributed by atoms with Gasteiger partial charge in [-0.25, -0.2) is 0 Å². The smallest absolute Gasteiger partial charge is 0.161 e. The molecule has 0 amide bonds. The third-order valence-electron chi connectivity index (χ3n) is 3.06. The zero-order valence-electron chi connectivity index (χ0n) is 12.7. The van der Waals surface area contributed by atoms with Gasteiger partial charge < -0.3 is 9.64 Å². The Balaban J connectivity index is 2.95. The van der Waals surface area contributed by atoms with Crippen molar-refractivity contribution >= 4 is 0 Å². The van der Waals surface area contributed by atoms with Crippen LogP contribution in [-0.4, -0.2) is 42.4 Å². The summed E-state index contributed by atoms with van der Waals surface area (Å²) in [4.78, 5) is 2.13. The number of aromatic nitrogens is 2. The van der Waals surface area contributed by atoms with Crippen LogP contribution >= 0.6 is 0 Å². The van der Waals surface area contributed by atoms with Crippen LogP contribution in [0.3, 0.4) is 0 Å². The van der Waals surface area contributed by atoms with Crippen molar-refractivity contribution in [2.45, 2.75) is 32.9 Å². The molecule has 0 radical (unpaired) electrons. The first kappa shape index (κ1) is 15.9. The fourth-order valence-corrected chi connectivity index (χ4v) is 2.09. The van der Waals surface area contributed by atoms with Crippen molar-refractivity contribution in [1.82, 2.24) is 20.1 Å². The predicted molar refractivity (Wildman–Crippen MR) is 76.9 cm³/mol. The zero-order chi connectivity index (χ0) is 14.4. The minimum atomic E-state index is 0.0552. The molecule has 0 bridgehead atoms. The summed E-state index contributed by atoms with van der Waals surface area (Å²) in [6, 6.07) is 0.0552. The van der Waals surface area contributed by atoms with Crippen LogP contribution in [0.4, 0.5) is 0 Å². The highest BCUT2D eigenvalue weighted by atomic mass is 16.5. The molecular weight excluding hydrogens is 242 g/mol. The summed E-state index contributed by atoms with van der Waals surface area (Å²) < 4.78 is 7.38. The summed E-state index contributed by atoms with van der Waals surface area (Å²) >= 11 is 0. The minimum Gasteiger partial charge on any atom is -0.493 e. The van der Waals surface area contributed by atoms with Crippen LogP contribution < -0.4 is 16.0 Å². The first-order chi connectivity index (χ1) is 8.99. The molecule has 0 fully saturated rings. The van der Waals surface area contributed by atoms with Gasteiger partial charge in [0.05, 0.1) is 31.6 Å². The Hall–Kier alpha value is -1.11. The van der Waals surface area contributed by atoms with E-state index in [4.69, 9.17) is 10.6 Å². The van der Waals surface area contributed by atoms with Gasteiger partial charge in [-0.2, -0.15) is 5.10 Å². The van der Waals surface area contributed by atoms with E-state index in [1.54, 1.807) is 13.3 Å². The minimum absolute atomic E-state index is 0.0552. The fraction of sp³-hybridized carbons (Fsp3) is 0.769. The molecule has 6 nitrogen and oxygen atoms in total. The largest absolute Gasteiger partial charge is 0.493 e. The molecule has 1 rings (SSSR count). The second-order valence-corrected chi connectivity index (χ2v) is 5.47. The Morgan fingerprint density at radius 3 is 2.63 bits per heavy atom. The Labute approximate surface area is 115 Å². The van der Waals surface area contributed by atoms with E-state index in [2.05, 4.69) is 29.3 Å². The van der Waals surface area contributed by atoms with E-state index >= 15 is 0 Å². The molecule has 1 aromatic rings. The van der Waals surface area contributed by atoms with Crippen molar-refractivity contribution < 1.29 is 4.74 Å². The highest BCUT2D eigenvalue weighted by molar-refractivity contribution is 5.28. The maximum atomic E-state index is 5.70. The summed E-state index contributed by atoms with van der Waals surface area (Å²) in [5.41, 5.74) is 3.91. The lowest BCUT2D eigenvalue weighted by molar-refractivity contribution is 0.342. The van der Waals surface area contributed by atoms with E-state index in [1.807, 2.05) is 18.8 Å². The summed E-state index contributed by atoms with van der Waals surface area (Å²) in [6.07, 6.45) is 2.70. The second-order valence-electron chi connectivity index (χ2n) is 5.47. The molecule has 1 heterocycles. The van der Waals surface area contributed by atoms with Gasteiger partial charge in [-0.3, -0.25) is 16.0 Å². The van der Waals surface area contributed by atoms with Crippen molar-refractivity contribution in [3.05, 3.63) is 11.9 Å². The van der Waals surface area contributed by atoms with Gasteiger partial charge in [0.2, 0.25) is 0 Å². The highest BCUT2D eigenvalue weighted by Gasteiger charge is 2.21. The molecule has 110 valence electrons. The van der Waals surface area contributed by atoms with E-state index in [0.29, 0.717) is 5.92 Å². The quantitative estimate of drug-likeness (QED) is 0.544. The van der Waals surface area contributed by atoms with Gasteiger partial charge in [0.25, 0.3) is 0 Å². The number of hydrazine groups is 1. The van der Waals surface area contributed by atoms with Crippen LogP contribution in [-0.2, 0) is 6.54 Å². The Morgan fingerprint density at radius 2 is 2.16 bits per heavy atom. The highest BCUT2D eigenvalue weighted by Crippen LogP contribution is 2.28. The van der Waals surface area contributed by atoms with Crippen LogP contribution in [0.1, 0.15) is 32.0 Å². The Morgan fingerprint density at radius 1 is 1.47 bits per heavy atom. The SMILES string of the molecule is COc1cnn(CCN(C)C)c1C(CC(C)C)NN. The van der Waals surface area contributed by atoms with Crippen molar-refractivity contribution in [2.24, 2.45) is 11.8 Å². The van der Waals surface area contributed by atoms with E-state index < -0.39 is 0 Å². The molecule has 0 saturated carbocycles. The predicted octanol–water partition coefficient (Wildman–Crippen LogP) is 1.00. The third kappa shape index (κ3) is 4.49. The monoisotopic (exact) mass is 269 g/mol. The summed E-state index contributed by atoms with van der Waals surface area (Å²) in [5, 5.41) is 4.40. The number of nitrogens with zero attached hydrogens (tertiary/aromatic N) is 3. The first-order valence-electron chi connectivity index (χ1n) is 6.70. The van der Waals surface area contributed by atoms with Crippen LogP contribution in [0.5, 0.6) is 5.75 Å². The summed E-state index contributed by atoms with van der Waals surface area (Å²) in [6.45, 7) is 6.10. The van der Waals surface area contributed by atoms with Crippen LogP contribution in [0.15, 0.2) is 6.20 Å². The van der Waals surface area contributed by atoms with Crippen LogP contribution in [0, 0.1) is 5.92 Å². The number of nitrogens with one attached hydrogen (secondary N) is 1. The van der Waals surface area contributed by atoms with Gasteiger partial charge >= 0.3 is 0 Å².